The Hall–Kier alpha value is -0.100. The van der Waals surface area contributed by atoms with E-state index in [-0.39, 0.29) is 9.92 Å². The molecular formula is C11H15BrClNO2S. The average molecular weight is 341 g/mol. The van der Waals surface area contributed by atoms with Gasteiger partial charge in [0.25, 0.3) is 0 Å². The average Bonchev–Trinajstić information content (AvgIpc) is 2.25. The second-order valence-electron chi connectivity index (χ2n) is 3.75. The van der Waals surface area contributed by atoms with Crippen LogP contribution in [0.4, 0.5) is 0 Å². The van der Waals surface area contributed by atoms with Crippen molar-refractivity contribution in [2.75, 3.05) is 13.6 Å². The first-order chi connectivity index (χ1) is 7.89. The van der Waals surface area contributed by atoms with E-state index in [2.05, 4.69) is 15.9 Å². The zero-order chi connectivity index (χ0) is 13.1. The minimum atomic E-state index is -3.48. The molecule has 0 heterocycles. The molecular weight excluding hydrogens is 326 g/mol. The van der Waals surface area contributed by atoms with Crippen LogP contribution in [-0.2, 0) is 10.0 Å². The molecule has 0 saturated carbocycles. The quantitative estimate of drug-likeness (QED) is 0.822. The SMILES string of the molecule is CCCCN(C)S(=O)(=O)c1ccc(Br)cc1Cl. The summed E-state index contributed by atoms with van der Waals surface area (Å²) in [6.45, 7) is 2.53. The molecule has 0 aliphatic carbocycles. The van der Waals surface area contributed by atoms with Crippen molar-refractivity contribution >= 4 is 37.6 Å². The molecule has 0 saturated heterocycles. The maximum absolute atomic E-state index is 12.2. The smallest absolute Gasteiger partial charge is 0.207 e. The Labute approximate surface area is 116 Å². The Morgan fingerprint density at radius 3 is 2.59 bits per heavy atom. The van der Waals surface area contributed by atoms with Crippen LogP contribution in [-0.4, -0.2) is 26.3 Å². The van der Waals surface area contributed by atoms with Gasteiger partial charge in [0.2, 0.25) is 10.0 Å². The highest BCUT2D eigenvalue weighted by Crippen LogP contribution is 2.27. The Kier molecular flexibility index (Phi) is 5.44. The number of halogens is 2. The van der Waals surface area contributed by atoms with Gasteiger partial charge in [-0.05, 0) is 24.6 Å². The van der Waals surface area contributed by atoms with Crippen molar-refractivity contribution in [3.05, 3.63) is 27.7 Å². The fourth-order valence-electron chi connectivity index (χ4n) is 1.35. The fourth-order valence-corrected chi connectivity index (χ4v) is 3.57. The van der Waals surface area contributed by atoms with Crippen molar-refractivity contribution in [3.63, 3.8) is 0 Å². The molecule has 0 aliphatic heterocycles. The molecule has 0 atom stereocenters. The third kappa shape index (κ3) is 3.68. The summed E-state index contributed by atoms with van der Waals surface area (Å²) in [5.74, 6) is 0. The number of unbranched alkanes of at least 4 members (excludes halogenated alkanes) is 1. The summed E-state index contributed by atoms with van der Waals surface area (Å²) in [4.78, 5) is 0.154. The molecule has 0 unspecified atom stereocenters. The van der Waals surface area contributed by atoms with Gasteiger partial charge in [-0.1, -0.05) is 40.9 Å². The van der Waals surface area contributed by atoms with Gasteiger partial charge >= 0.3 is 0 Å². The molecule has 1 aromatic rings. The summed E-state index contributed by atoms with van der Waals surface area (Å²) < 4.78 is 26.5. The molecule has 0 radical (unpaired) electrons. The third-order valence-electron chi connectivity index (χ3n) is 2.41. The highest BCUT2D eigenvalue weighted by molar-refractivity contribution is 9.10. The number of sulfonamides is 1. The van der Waals surface area contributed by atoms with E-state index in [1.807, 2.05) is 6.92 Å². The number of benzene rings is 1. The van der Waals surface area contributed by atoms with Gasteiger partial charge in [0.05, 0.1) is 5.02 Å². The summed E-state index contributed by atoms with van der Waals surface area (Å²) >= 11 is 9.21. The molecule has 0 fully saturated rings. The Balaban J connectivity index is 3.04. The normalized spacial score (nSPS) is 12.1. The molecule has 0 aromatic heterocycles. The van der Waals surface area contributed by atoms with Gasteiger partial charge in [-0.15, -0.1) is 0 Å². The van der Waals surface area contributed by atoms with Crippen molar-refractivity contribution in [3.8, 4) is 0 Å². The summed E-state index contributed by atoms with van der Waals surface area (Å²) in [6.07, 6.45) is 1.79. The first-order valence-corrected chi connectivity index (χ1v) is 7.92. The summed E-state index contributed by atoms with van der Waals surface area (Å²) in [5.41, 5.74) is 0. The molecule has 6 heteroatoms. The maximum atomic E-state index is 12.2. The minimum absolute atomic E-state index is 0.154. The maximum Gasteiger partial charge on any atom is 0.244 e. The van der Waals surface area contributed by atoms with Crippen LogP contribution in [0.3, 0.4) is 0 Å². The molecule has 0 spiro atoms. The van der Waals surface area contributed by atoms with E-state index >= 15 is 0 Å². The largest absolute Gasteiger partial charge is 0.244 e. The summed E-state index contributed by atoms with van der Waals surface area (Å²) in [5, 5.41) is 0.239. The van der Waals surface area contributed by atoms with Crippen LogP contribution in [0.25, 0.3) is 0 Å². The lowest BCUT2D eigenvalue weighted by atomic mass is 10.3. The second kappa shape index (κ2) is 6.18. The predicted molar refractivity (Wildman–Crippen MR) is 73.9 cm³/mol. The topological polar surface area (TPSA) is 37.4 Å². The number of hydrogen-bond acceptors (Lipinski definition) is 2. The van der Waals surface area contributed by atoms with Gasteiger partial charge in [0, 0.05) is 18.1 Å². The number of nitrogens with zero attached hydrogens (tertiary/aromatic N) is 1. The van der Waals surface area contributed by atoms with Gasteiger partial charge in [-0.2, -0.15) is 0 Å². The number of rotatable bonds is 5. The lowest BCUT2D eigenvalue weighted by Crippen LogP contribution is -2.28. The molecule has 3 nitrogen and oxygen atoms in total. The van der Waals surface area contributed by atoms with Crippen LogP contribution >= 0.6 is 27.5 Å². The second-order valence-corrected chi connectivity index (χ2v) is 7.09. The van der Waals surface area contributed by atoms with E-state index in [0.717, 1.165) is 17.3 Å². The zero-order valence-corrected chi connectivity index (χ0v) is 12.9. The molecule has 1 rings (SSSR count). The van der Waals surface area contributed by atoms with Crippen molar-refractivity contribution in [2.24, 2.45) is 0 Å². The monoisotopic (exact) mass is 339 g/mol. The lowest BCUT2D eigenvalue weighted by Gasteiger charge is -2.17. The first-order valence-electron chi connectivity index (χ1n) is 5.31. The highest BCUT2D eigenvalue weighted by atomic mass is 79.9. The Morgan fingerprint density at radius 1 is 1.41 bits per heavy atom. The van der Waals surface area contributed by atoms with Crippen LogP contribution in [0.15, 0.2) is 27.6 Å². The van der Waals surface area contributed by atoms with Crippen molar-refractivity contribution in [1.29, 1.82) is 0 Å². The lowest BCUT2D eigenvalue weighted by molar-refractivity contribution is 0.459. The van der Waals surface area contributed by atoms with Crippen LogP contribution in [0.5, 0.6) is 0 Å². The molecule has 0 bridgehead atoms. The fraction of sp³-hybridized carbons (Fsp3) is 0.455. The van der Waals surface area contributed by atoms with E-state index in [0.29, 0.717) is 6.54 Å². The van der Waals surface area contributed by atoms with Gasteiger partial charge in [-0.3, -0.25) is 0 Å². The molecule has 0 N–H and O–H groups in total. The van der Waals surface area contributed by atoms with Crippen molar-refractivity contribution in [1.82, 2.24) is 4.31 Å². The molecule has 0 amide bonds. The zero-order valence-electron chi connectivity index (χ0n) is 9.78. The van der Waals surface area contributed by atoms with Crippen molar-refractivity contribution < 1.29 is 8.42 Å². The molecule has 17 heavy (non-hydrogen) atoms. The Bertz CT molecular complexity index is 490. The van der Waals surface area contributed by atoms with Gasteiger partial charge in [-0.25, -0.2) is 12.7 Å². The molecule has 1 aromatic carbocycles. The first kappa shape index (κ1) is 15.0. The van der Waals surface area contributed by atoms with Crippen LogP contribution in [0.2, 0.25) is 5.02 Å². The van der Waals surface area contributed by atoms with Gasteiger partial charge < -0.3 is 0 Å². The van der Waals surface area contributed by atoms with E-state index in [4.69, 9.17) is 11.6 Å². The third-order valence-corrected chi connectivity index (χ3v) is 5.24. The van der Waals surface area contributed by atoms with Crippen LogP contribution < -0.4 is 0 Å². The van der Waals surface area contributed by atoms with E-state index in [1.54, 1.807) is 19.2 Å². The van der Waals surface area contributed by atoms with Gasteiger partial charge in [0.15, 0.2) is 0 Å². The van der Waals surface area contributed by atoms with E-state index < -0.39 is 10.0 Å². The predicted octanol–water partition coefficient (Wildman–Crippen LogP) is 3.52. The minimum Gasteiger partial charge on any atom is -0.207 e. The summed E-state index contributed by atoms with van der Waals surface area (Å²) in [7, 11) is -1.91. The van der Waals surface area contributed by atoms with Gasteiger partial charge in [0.1, 0.15) is 4.90 Å². The van der Waals surface area contributed by atoms with Crippen LogP contribution in [0, 0.1) is 0 Å². The number of hydrogen-bond donors (Lipinski definition) is 0. The standard InChI is InChI=1S/C11H15BrClNO2S/c1-3-4-7-14(2)17(15,16)11-6-5-9(12)8-10(11)13/h5-6,8H,3-4,7H2,1-2H3. The van der Waals surface area contributed by atoms with E-state index in [1.165, 1.54) is 10.4 Å². The molecule has 96 valence electrons. The van der Waals surface area contributed by atoms with E-state index in [9.17, 15) is 8.42 Å². The highest BCUT2D eigenvalue weighted by Gasteiger charge is 2.22. The summed E-state index contributed by atoms with van der Waals surface area (Å²) in [6, 6.07) is 4.78. The Morgan fingerprint density at radius 2 is 2.06 bits per heavy atom. The van der Waals surface area contributed by atoms with Crippen molar-refractivity contribution in [2.45, 2.75) is 24.7 Å². The molecule has 0 aliphatic rings. The van der Waals surface area contributed by atoms with Crippen LogP contribution in [0.1, 0.15) is 19.8 Å².